The summed E-state index contributed by atoms with van der Waals surface area (Å²) in [5, 5.41) is 2.26. The molecule has 5 rings (SSSR count). The fourth-order valence-corrected chi connectivity index (χ4v) is 6.74. The monoisotopic (exact) mass is 476 g/mol. The second-order valence-electron chi connectivity index (χ2n) is 8.93. The number of pyridine rings is 1. The normalized spacial score (nSPS) is 14.8. The molecule has 4 nitrogen and oxygen atoms in total. The molecule has 0 aliphatic carbocycles. The van der Waals surface area contributed by atoms with E-state index in [1.807, 2.05) is 41.4 Å². The largest absolute Gasteiger partial charge is 0.338 e. The van der Waals surface area contributed by atoms with E-state index >= 15 is 0 Å². The predicted octanol–water partition coefficient (Wildman–Crippen LogP) is 7.20. The summed E-state index contributed by atoms with van der Waals surface area (Å²) < 4.78 is 2.26. The number of nitrogens with zero attached hydrogens (tertiary/aromatic N) is 2. The van der Waals surface area contributed by atoms with Crippen molar-refractivity contribution in [3.8, 4) is 0 Å². The Morgan fingerprint density at radius 2 is 1.67 bits per heavy atom. The summed E-state index contributed by atoms with van der Waals surface area (Å²) in [6, 6.07) is 14.2. The summed E-state index contributed by atoms with van der Waals surface area (Å²) in [6.07, 6.45) is 10.8. The molecule has 0 unspecified atom stereocenters. The first-order valence-electron chi connectivity index (χ1n) is 11.8. The molecule has 1 saturated heterocycles. The van der Waals surface area contributed by atoms with Gasteiger partial charge in [0.05, 0.1) is 14.5 Å². The van der Waals surface area contributed by atoms with Gasteiger partial charge >= 0.3 is 0 Å². The lowest BCUT2D eigenvalue weighted by Crippen LogP contribution is -2.38. The molecule has 0 bridgehead atoms. The Labute approximate surface area is 202 Å². The van der Waals surface area contributed by atoms with E-state index in [2.05, 4.69) is 17.1 Å². The van der Waals surface area contributed by atoms with Crippen molar-refractivity contribution < 1.29 is 9.59 Å². The number of carbonyl (C=O) groups is 2. The molecular weight excluding hydrogens is 448 g/mol. The zero-order valence-electron chi connectivity index (χ0n) is 18.7. The molecule has 170 valence electrons. The smallest absolute Gasteiger partial charge is 0.263 e. The van der Waals surface area contributed by atoms with Crippen LogP contribution in [0.25, 0.3) is 20.2 Å². The van der Waals surface area contributed by atoms with Crippen molar-refractivity contribution in [3.05, 3.63) is 64.6 Å². The fourth-order valence-electron chi connectivity index (χ4n) is 4.71. The van der Waals surface area contributed by atoms with E-state index in [1.165, 1.54) is 17.5 Å². The number of thiophene rings is 2. The minimum atomic E-state index is 0.185. The number of unbranched alkanes of at least 4 members (excludes halogenated alkanes) is 2. The Balaban J connectivity index is 1.01. The fraction of sp³-hybridized carbons (Fsp3) is 0.370. The number of benzene rings is 1. The highest BCUT2D eigenvalue weighted by molar-refractivity contribution is 7.21. The molecule has 4 heterocycles. The molecule has 1 aliphatic rings. The number of carbonyl (C=O) groups excluding carboxylic acids is 2. The summed E-state index contributed by atoms with van der Waals surface area (Å²) >= 11 is 3.15. The van der Waals surface area contributed by atoms with Gasteiger partial charge in [-0.05, 0) is 60.2 Å². The van der Waals surface area contributed by atoms with Gasteiger partial charge in [0.2, 0.25) is 0 Å². The second-order valence-corrected chi connectivity index (χ2v) is 11.1. The van der Waals surface area contributed by atoms with Gasteiger partial charge in [-0.2, -0.15) is 0 Å². The highest BCUT2D eigenvalue weighted by atomic mass is 32.1. The van der Waals surface area contributed by atoms with E-state index in [9.17, 15) is 9.59 Å². The maximum Gasteiger partial charge on any atom is 0.263 e. The van der Waals surface area contributed by atoms with Gasteiger partial charge < -0.3 is 4.90 Å². The molecule has 1 aliphatic heterocycles. The van der Waals surface area contributed by atoms with Crippen LogP contribution in [0.3, 0.4) is 0 Å². The van der Waals surface area contributed by atoms with Crippen LogP contribution in [0.15, 0.2) is 54.9 Å². The number of ketones is 1. The van der Waals surface area contributed by atoms with E-state index < -0.39 is 0 Å². The average molecular weight is 477 g/mol. The number of amides is 1. The van der Waals surface area contributed by atoms with Crippen LogP contribution in [-0.2, 0) is 0 Å². The number of rotatable bonds is 8. The van der Waals surface area contributed by atoms with Gasteiger partial charge in [0.1, 0.15) is 0 Å². The third-order valence-corrected chi connectivity index (χ3v) is 8.88. The third-order valence-electron chi connectivity index (χ3n) is 6.65. The summed E-state index contributed by atoms with van der Waals surface area (Å²) in [5.74, 6) is 1.14. The number of likely N-dealkylation sites (tertiary alicyclic amines) is 1. The number of Topliss-reactive ketones (excluding diaryl/α,β-unsaturated/α-hetero) is 1. The van der Waals surface area contributed by atoms with Crippen molar-refractivity contribution in [1.29, 1.82) is 0 Å². The Morgan fingerprint density at radius 1 is 0.909 bits per heavy atom. The summed E-state index contributed by atoms with van der Waals surface area (Å²) in [7, 11) is 0. The van der Waals surface area contributed by atoms with Gasteiger partial charge in [0.25, 0.3) is 5.91 Å². The van der Waals surface area contributed by atoms with Crippen molar-refractivity contribution in [2.75, 3.05) is 13.1 Å². The number of hydrogen-bond acceptors (Lipinski definition) is 5. The molecule has 33 heavy (non-hydrogen) atoms. The molecular formula is C27H28N2O2S2. The Hall–Kier alpha value is -2.57. The molecule has 4 aromatic rings. The average Bonchev–Trinajstić information content (AvgIpc) is 3.48. The van der Waals surface area contributed by atoms with Gasteiger partial charge in [0.15, 0.2) is 5.78 Å². The van der Waals surface area contributed by atoms with Crippen LogP contribution < -0.4 is 0 Å². The molecule has 0 N–H and O–H groups in total. The molecule has 1 amide bonds. The van der Waals surface area contributed by atoms with E-state index in [-0.39, 0.29) is 11.7 Å². The highest BCUT2D eigenvalue weighted by Gasteiger charge is 2.24. The molecule has 0 spiro atoms. The van der Waals surface area contributed by atoms with Gasteiger partial charge in [-0.3, -0.25) is 14.6 Å². The summed E-state index contributed by atoms with van der Waals surface area (Å²) in [5.41, 5.74) is 0. The zero-order chi connectivity index (χ0) is 22.6. The maximum atomic E-state index is 12.9. The van der Waals surface area contributed by atoms with Crippen molar-refractivity contribution in [1.82, 2.24) is 9.88 Å². The Morgan fingerprint density at radius 3 is 2.48 bits per heavy atom. The van der Waals surface area contributed by atoms with Crippen LogP contribution in [0.2, 0.25) is 0 Å². The summed E-state index contributed by atoms with van der Waals surface area (Å²) in [4.78, 5) is 33.3. The molecule has 1 fully saturated rings. The van der Waals surface area contributed by atoms with Gasteiger partial charge in [-0.1, -0.05) is 37.5 Å². The van der Waals surface area contributed by atoms with Gasteiger partial charge in [0, 0.05) is 36.6 Å². The first kappa shape index (κ1) is 22.2. The molecule has 3 aromatic heterocycles. The third kappa shape index (κ3) is 5.17. The topological polar surface area (TPSA) is 50.3 Å². The molecule has 0 saturated carbocycles. The van der Waals surface area contributed by atoms with Crippen LogP contribution in [0.1, 0.15) is 64.3 Å². The number of piperidine rings is 1. The Kier molecular flexibility index (Phi) is 6.83. The van der Waals surface area contributed by atoms with Crippen LogP contribution >= 0.6 is 22.7 Å². The second kappa shape index (κ2) is 10.1. The van der Waals surface area contributed by atoms with Crippen molar-refractivity contribution in [2.24, 2.45) is 5.92 Å². The van der Waals surface area contributed by atoms with Crippen molar-refractivity contribution in [2.45, 2.75) is 44.9 Å². The van der Waals surface area contributed by atoms with Crippen LogP contribution in [0.4, 0.5) is 0 Å². The molecule has 6 heteroatoms. The minimum absolute atomic E-state index is 0.185. The molecule has 1 aromatic carbocycles. The number of hydrogen-bond donors (Lipinski definition) is 0. The van der Waals surface area contributed by atoms with Crippen molar-refractivity contribution >= 4 is 54.5 Å². The van der Waals surface area contributed by atoms with Crippen LogP contribution in [0, 0.1) is 5.92 Å². The van der Waals surface area contributed by atoms with E-state index in [4.69, 9.17) is 0 Å². The van der Waals surface area contributed by atoms with Crippen molar-refractivity contribution in [3.63, 3.8) is 0 Å². The Bertz CT molecular complexity index is 1200. The van der Waals surface area contributed by atoms with Crippen LogP contribution in [-0.4, -0.2) is 34.7 Å². The predicted molar refractivity (Wildman–Crippen MR) is 137 cm³/mol. The number of fused-ring (bicyclic) bond motifs is 2. The lowest BCUT2D eigenvalue weighted by atomic mass is 9.91. The van der Waals surface area contributed by atoms with E-state index in [0.717, 1.165) is 64.0 Å². The molecule has 0 atom stereocenters. The van der Waals surface area contributed by atoms with Gasteiger partial charge in [-0.25, -0.2) is 0 Å². The van der Waals surface area contributed by atoms with Crippen LogP contribution in [0.5, 0.6) is 0 Å². The van der Waals surface area contributed by atoms with E-state index in [1.54, 1.807) is 28.9 Å². The highest BCUT2D eigenvalue weighted by Crippen LogP contribution is 2.30. The minimum Gasteiger partial charge on any atom is -0.338 e. The SMILES string of the molecule is O=C(CCCCCC1CCN(C(=O)c2cc3ccccc3s2)CC1)c1cc2ccncc2s1. The zero-order valence-corrected chi connectivity index (χ0v) is 20.3. The lowest BCUT2D eigenvalue weighted by Gasteiger charge is -2.31. The number of aromatic nitrogens is 1. The standard InChI is InChI=1S/C27H28N2O2S2/c30-22(24-16-21-10-13-28-18-26(21)33-24)8-3-1-2-6-19-11-14-29(15-12-19)27(31)25-17-20-7-4-5-9-23(20)32-25/h4-5,7,9-10,13,16-19H,1-3,6,8,11-12,14-15H2. The van der Waals surface area contributed by atoms with E-state index in [0.29, 0.717) is 12.3 Å². The molecule has 0 radical (unpaired) electrons. The maximum absolute atomic E-state index is 12.9. The summed E-state index contributed by atoms with van der Waals surface area (Å²) in [6.45, 7) is 1.72. The van der Waals surface area contributed by atoms with Gasteiger partial charge in [-0.15, -0.1) is 22.7 Å². The quantitative estimate of drug-likeness (QED) is 0.200. The lowest BCUT2D eigenvalue weighted by molar-refractivity contribution is 0.0690. The first-order chi connectivity index (χ1) is 16.2. The first-order valence-corrected chi connectivity index (χ1v) is 13.5.